The van der Waals surface area contributed by atoms with Crippen molar-refractivity contribution < 1.29 is 0 Å². The fourth-order valence-corrected chi connectivity index (χ4v) is 5.45. The smallest absolute Gasteiger partial charge is 0.125 e. The summed E-state index contributed by atoms with van der Waals surface area (Å²) in [6.45, 7) is 4.33. The first-order chi connectivity index (χ1) is 4.88. The Balaban J connectivity index is 2.81. The molecule has 4 heteroatoms. The van der Waals surface area contributed by atoms with Gasteiger partial charge in [0.25, 0.3) is 0 Å². The van der Waals surface area contributed by atoms with Crippen molar-refractivity contribution in [2.45, 2.75) is 38.1 Å². The van der Waals surface area contributed by atoms with Gasteiger partial charge in [0, 0.05) is 5.04 Å². The van der Waals surface area contributed by atoms with Gasteiger partial charge in [0.1, 0.15) is 0 Å². The molecule has 0 aromatic carbocycles. The zero-order valence-electron chi connectivity index (χ0n) is 6.83. The summed E-state index contributed by atoms with van der Waals surface area (Å²) in [4.78, 5) is 0. The maximum Gasteiger partial charge on any atom is 0.347 e. The van der Waals surface area contributed by atoms with Crippen LogP contribution in [-0.4, -0.2) is 6.00 Å². The van der Waals surface area contributed by atoms with Crippen LogP contribution in [0.1, 0.15) is 33.1 Å². The van der Waals surface area contributed by atoms with E-state index in [2.05, 4.69) is 13.8 Å². The summed E-state index contributed by atoms with van der Waals surface area (Å²) >= 11 is 18.1. The van der Waals surface area contributed by atoms with Gasteiger partial charge in [-0.15, -0.1) is 33.2 Å². The van der Waals surface area contributed by atoms with Crippen LogP contribution in [0, 0.1) is 5.92 Å². The summed E-state index contributed by atoms with van der Waals surface area (Å²) in [6, 6.07) is -2.49. The van der Waals surface area contributed by atoms with Gasteiger partial charge in [-0.25, -0.2) is 0 Å². The van der Waals surface area contributed by atoms with Crippen LogP contribution in [0.5, 0.6) is 0 Å². The van der Waals surface area contributed by atoms with E-state index in [0.717, 1.165) is 6.42 Å². The Hall–Kier alpha value is 1.09. The first-order valence-electron chi connectivity index (χ1n) is 3.94. The second-order valence-electron chi connectivity index (χ2n) is 3.71. The Morgan fingerprint density at radius 2 is 1.91 bits per heavy atom. The zero-order chi connectivity index (χ0) is 8.70. The maximum absolute atomic E-state index is 6.05. The third-order valence-electron chi connectivity index (χ3n) is 3.07. The molecule has 0 aliphatic heterocycles. The van der Waals surface area contributed by atoms with E-state index in [1.807, 2.05) is 0 Å². The lowest BCUT2D eigenvalue weighted by molar-refractivity contribution is 0.473. The normalized spacial score (nSPS) is 39.5. The Morgan fingerprint density at radius 3 is 2.09 bits per heavy atom. The Kier molecular flexibility index (Phi) is 2.86. The number of hydrogen-bond acceptors (Lipinski definition) is 0. The molecular weight excluding hydrogens is 219 g/mol. The van der Waals surface area contributed by atoms with Crippen LogP contribution >= 0.6 is 33.2 Å². The first-order valence-corrected chi connectivity index (χ1v) is 8.98. The fourth-order valence-electron chi connectivity index (χ4n) is 1.76. The summed E-state index contributed by atoms with van der Waals surface area (Å²) in [5, 5.41) is 0.0255. The number of rotatable bonds is 1. The van der Waals surface area contributed by atoms with Gasteiger partial charge in [0.2, 0.25) is 0 Å². The minimum absolute atomic E-state index is 0.0255. The predicted octanol–water partition coefficient (Wildman–Crippen LogP) is 4.22. The summed E-state index contributed by atoms with van der Waals surface area (Å²) in [7, 11) is 0. The average Bonchev–Trinajstić information content (AvgIpc) is 2.12. The van der Waals surface area contributed by atoms with E-state index in [0.29, 0.717) is 5.92 Å². The molecule has 0 aromatic heterocycles. The summed E-state index contributed by atoms with van der Waals surface area (Å²) in [5.41, 5.74) is 0. The second-order valence-corrected chi connectivity index (χ2v) is 12.7. The van der Waals surface area contributed by atoms with Crippen LogP contribution in [0.2, 0.25) is 5.04 Å². The SMILES string of the molecule is CC1CCCC1(C)[Si](Cl)(Cl)Cl. The quantitative estimate of drug-likeness (QED) is 0.468. The number of hydrogen-bond donors (Lipinski definition) is 0. The molecule has 0 heterocycles. The second kappa shape index (κ2) is 3.10. The molecule has 0 radical (unpaired) electrons. The van der Waals surface area contributed by atoms with Gasteiger partial charge in [0.05, 0.1) is 0 Å². The first kappa shape index (κ1) is 10.2. The minimum Gasteiger partial charge on any atom is -0.125 e. The van der Waals surface area contributed by atoms with Gasteiger partial charge in [-0.2, -0.15) is 0 Å². The molecule has 0 bridgehead atoms. The lowest BCUT2D eigenvalue weighted by Crippen LogP contribution is -2.32. The van der Waals surface area contributed by atoms with Crippen LogP contribution in [0.3, 0.4) is 0 Å². The average molecular weight is 232 g/mol. The topological polar surface area (TPSA) is 0 Å². The maximum atomic E-state index is 6.05. The van der Waals surface area contributed by atoms with Crippen molar-refractivity contribution in [3.8, 4) is 0 Å². The third-order valence-corrected chi connectivity index (χ3v) is 8.99. The van der Waals surface area contributed by atoms with Gasteiger partial charge in [0.15, 0.2) is 0 Å². The summed E-state index contributed by atoms with van der Waals surface area (Å²) in [6.07, 6.45) is 3.53. The Bertz CT molecular complexity index is 154. The van der Waals surface area contributed by atoms with Crippen LogP contribution in [0.25, 0.3) is 0 Å². The Morgan fingerprint density at radius 1 is 1.36 bits per heavy atom. The van der Waals surface area contributed by atoms with Gasteiger partial charge >= 0.3 is 6.00 Å². The molecule has 0 N–H and O–H groups in total. The minimum atomic E-state index is -2.49. The van der Waals surface area contributed by atoms with Crippen molar-refractivity contribution in [3.63, 3.8) is 0 Å². The van der Waals surface area contributed by atoms with Crippen molar-refractivity contribution in [2.24, 2.45) is 5.92 Å². The molecule has 1 fully saturated rings. The molecule has 0 saturated heterocycles. The molecule has 11 heavy (non-hydrogen) atoms. The van der Waals surface area contributed by atoms with E-state index in [4.69, 9.17) is 33.2 Å². The molecule has 0 spiro atoms. The monoisotopic (exact) mass is 230 g/mol. The molecule has 2 unspecified atom stereocenters. The fraction of sp³-hybridized carbons (Fsp3) is 1.00. The van der Waals surface area contributed by atoms with E-state index in [-0.39, 0.29) is 5.04 Å². The van der Waals surface area contributed by atoms with Crippen LogP contribution in [-0.2, 0) is 0 Å². The van der Waals surface area contributed by atoms with Crippen molar-refractivity contribution in [1.82, 2.24) is 0 Å². The lowest BCUT2D eigenvalue weighted by atomic mass is 9.99. The summed E-state index contributed by atoms with van der Waals surface area (Å²) in [5.74, 6) is 0.585. The molecule has 0 nitrogen and oxygen atoms in total. The van der Waals surface area contributed by atoms with Gasteiger partial charge in [-0.3, -0.25) is 0 Å². The molecule has 0 aromatic rings. The summed E-state index contributed by atoms with van der Waals surface area (Å²) < 4.78 is 0. The highest BCUT2D eigenvalue weighted by atomic mass is 35.8. The van der Waals surface area contributed by atoms with E-state index in [1.54, 1.807) is 0 Å². The highest BCUT2D eigenvalue weighted by Crippen LogP contribution is 2.59. The molecule has 0 amide bonds. The third kappa shape index (κ3) is 1.72. The largest absolute Gasteiger partial charge is 0.347 e. The predicted molar refractivity (Wildman–Crippen MR) is 54.7 cm³/mol. The van der Waals surface area contributed by atoms with Gasteiger partial charge < -0.3 is 0 Å². The standard InChI is InChI=1S/C7H13Cl3Si/c1-6-4-3-5-7(6,2)11(8,9)10/h6H,3-5H2,1-2H3. The van der Waals surface area contributed by atoms with Crippen LogP contribution in [0.15, 0.2) is 0 Å². The molecule has 1 aliphatic carbocycles. The molecule has 1 saturated carbocycles. The van der Waals surface area contributed by atoms with Crippen molar-refractivity contribution in [3.05, 3.63) is 0 Å². The molecular formula is C7H13Cl3Si. The van der Waals surface area contributed by atoms with Crippen LogP contribution in [0.4, 0.5) is 0 Å². The molecule has 1 rings (SSSR count). The van der Waals surface area contributed by atoms with Gasteiger partial charge in [-0.05, 0) is 12.3 Å². The van der Waals surface area contributed by atoms with Crippen LogP contribution < -0.4 is 0 Å². The Labute approximate surface area is 83.3 Å². The zero-order valence-corrected chi connectivity index (χ0v) is 10.1. The van der Waals surface area contributed by atoms with E-state index in [9.17, 15) is 0 Å². The van der Waals surface area contributed by atoms with Gasteiger partial charge in [-0.1, -0.05) is 26.7 Å². The number of halogens is 3. The molecule has 1 aliphatic rings. The van der Waals surface area contributed by atoms with E-state index >= 15 is 0 Å². The van der Waals surface area contributed by atoms with Crippen molar-refractivity contribution >= 4 is 39.2 Å². The molecule has 66 valence electrons. The van der Waals surface area contributed by atoms with E-state index < -0.39 is 6.00 Å². The highest BCUT2D eigenvalue weighted by molar-refractivity contribution is 7.65. The molecule has 2 atom stereocenters. The highest BCUT2D eigenvalue weighted by Gasteiger charge is 2.53. The van der Waals surface area contributed by atoms with Crippen molar-refractivity contribution in [1.29, 1.82) is 0 Å². The lowest BCUT2D eigenvalue weighted by Gasteiger charge is -2.34. The van der Waals surface area contributed by atoms with Crippen molar-refractivity contribution in [2.75, 3.05) is 0 Å². The van der Waals surface area contributed by atoms with E-state index in [1.165, 1.54) is 12.8 Å².